The van der Waals surface area contributed by atoms with E-state index in [1.807, 2.05) is 31.2 Å². The summed E-state index contributed by atoms with van der Waals surface area (Å²) >= 11 is 0. The topological polar surface area (TPSA) is 37.3 Å². The Balaban J connectivity index is 2.74. The quantitative estimate of drug-likeness (QED) is 0.331. The first kappa shape index (κ1) is 22.9. The molecule has 0 saturated heterocycles. The van der Waals surface area contributed by atoms with Crippen LogP contribution in [-0.2, 0) is 4.79 Å². The minimum atomic E-state index is -0.224. The van der Waals surface area contributed by atoms with Crippen molar-refractivity contribution in [2.45, 2.75) is 60.5 Å². The third-order valence-corrected chi connectivity index (χ3v) is 4.72. The summed E-state index contributed by atoms with van der Waals surface area (Å²) < 4.78 is 0. The van der Waals surface area contributed by atoms with Crippen LogP contribution >= 0.6 is 0 Å². The van der Waals surface area contributed by atoms with Gasteiger partial charge in [0, 0.05) is 0 Å². The van der Waals surface area contributed by atoms with Crippen molar-refractivity contribution in [2.75, 3.05) is 0 Å². The number of aliphatic hydroxyl groups excluding tert-OH is 1. The first-order chi connectivity index (χ1) is 12.7. The maximum atomic E-state index is 10.5. The number of rotatable bonds is 7. The van der Waals surface area contributed by atoms with Crippen LogP contribution in [0.5, 0.6) is 0 Å². The molecule has 0 saturated carbocycles. The SMILES string of the molecule is CC1=C(/C=C/C(C)=C/C=C/C(C)=C/C=C/C=C(\C)C=O)C(C)(C)CC(O)C1. The molecule has 0 bridgehead atoms. The van der Waals surface area contributed by atoms with Gasteiger partial charge in [0.25, 0.3) is 0 Å². The number of carbonyl (C=O) groups is 1. The molecule has 1 rings (SSSR count). The van der Waals surface area contributed by atoms with Gasteiger partial charge in [0.2, 0.25) is 0 Å². The van der Waals surface area contributed by atoms with Crippen molar-refractivity contribution in [1.82, 2.24) is 0 Å². The molecule has 0 spiro atoms. The molecule has 0 heterocycles. The van der Waals surface area contributed by atoms with E-state index in [0.29, 0.717) is 5.57 Å². The fourth-order valence-corrected chi connectivity index (χ4v) is 3.31. The van der Waals surface area contributed by atoms with Gasteiger partial charge in [-0.1, -0.05) is 85.3 Å². The molecule has 146 valence electrons. The zero-order valence-corrected chi connectivity index (χ0v) is 17.6. The van der Waals surface area contributed by atoms with Crippen LogP contribution in [0.15, 0.2) is 82.5 Å². The molecule has 1 aliphatic rings. The second-order valence-corrected chi connectivity index (χ2v) is 8.07. The van der Waals surface area contributed by atoms with Crippen LogP contribution < -0.4 is 0 Å². The van der Waals surface area contributed by atoms with Crippen molar-refractivity contribution in [3.05, 3.63) is 82.5 Å². The van der Waals surface area contributed by atoms with E-state index in [1.54, 1.807) is 13.0 Å². The molecule has 1 N–H and O–H groups in total. The molecule has 1 unspecified atom stereocenters. The molecule has 0 aromatic heterocycles. The van der Waals surface area contributed by atoms with Gasteiger partial charge in [0.15, 0.2) is 0 Å². The number of hydrogen-bond donors (Lipinski definition) is 1. The van der Waals surface area contributed by atoms with Crippen molar-refractivity contribution >= 4 is 6.29 Å². The number of carbonyl (C=O) groups excluding carboxylic acids is 1. The predicted octanol–water partition coefficient (Wildman–Crippen LogP) is 6.19. The lowest BCUT2D eigenvalue weighted by atomic mass is 9.71. The Bertz CT molecular complexity index is 734. The Morgan fingerprint density at radius 1 is 0.963 bits per heavy atom. The second kappa shape index (κ2) is 10.8. The molecular formula is C25H34O2. The molecule has 0 aromatic rings. The van der Waals surface area contributed by atoms with Crippen molar-refractivity contribution in [3.63, 3.8) is 0 Å². The van der Waals surface area contributed by atoms with Gasteiger partial charge in [-0.2, -0.15) is 0 Å². The lowest BCUT2D eigenvalue weighted by Crippen LogP contribution is -2.28. The summed E-state index contributed by atoms with van der Waals surface area (Å²) in [6, 6.07) is 0. The van der Waals surface area contributed by atoms with E-state index >= 15 is 0 Å². The lowest BCUT2D eigenvalue weighted by Gasteiger charge is -2.35. The van der Waals surface area contributed by atoms with Gasteiger partial charge < -0.3 is 5.11 Å². The highest BCUT2D eigenvalue weighted by molar-refractivity contribution is 5.72. The van der Waals surface area contributed by atoms with E-state index < -0.39 is 0 Å². The van der Waals surface area contributed by atoms with E-state index in [-0.39, 0.29) is 11.5 Å². The standard InChI is InChI=1S/C25H34O2/c1-19(10-7-8-11-21(3)18-26)12-9-13-20(2)14-15-24-22(4)16-23(27)17-25(24,5)6/h7-15,18,23,27H,16-17H2,1-6H3/b8-7+,12-9+,15-14+,19-10+,20-13+,21-11+. The minimum Gasteiger partial charge on any atom is -0.393 e. The molecular weight excluding hydrogens is 332 g/mol. The van der Waals surface area contributed by atoms with E-state index in [1.165, 1.54) is 16.7 Å². The maximum Gasteiger partial charge on any atom is 0.145 e. The lowest BCUT2D eigenvalue weighted by molar-refractivity contribution is -0.104. The first-order valence-electron chi connectivity index (χ1n) is 9.54. The number of aldehydes is 1. The second-order valence-electron chi connectivity index (χ2n) is 8.07. The molecule has 1 atom stereocenters. The molecule has 2 heteroatoms. The van der Waals surface area contributed by atoms with Crippen LogP contribution in [0.3, 0.4) is 0 Å². The summed E-state index contributed by atoms with van der Waals surface area (Å²) in [5.74, 6) is 0. The van der Waals surface area contributed by atoms with Crippen LogP contribution in [0.4, 0.5) is 0 Å². The van der Waals surface area contributed by atoms with Crippen LogP contribution in [0.25, 0.3) is 0 Å². The molecule has 27 heavy (non-hydrogen) atoms. The van der Waals surface area contributed by atoms with Crippen LogP contribution in [-0.4, -0.2) is 17.5 Å². The predicted molar refractivity (Wildman–Crippen MR) is 116 cm³/mol. The van der Waals surface area contributed by atoms with E-state index in [0.717, 1.165) is 24.7 Å². The largest absolute Gasteiger partial charge is 0.393 e. The molecule has 0 fully saturated rings. The van der Waals surface area contributed by atoms with Gasteiger partial charge in [-0.15, -0.1) is 0 Å². The van der Waals surface area contributed by atoms with Gasteiger partial charge in [-0.25, -0.2) is 0 Å². The van der Waals surface area contributed by atoms with Gasteiger partial charge in [-0.3, -0.25) is 4.79 Å². The summed E-state index contributed by atoms with van der Waals surface area (Å²) in [5.41, 5.74) is 5.65. The number of hydrogen-bond acceptors (Lipinski definition) is 2. The van der Waals surface area contributed by atoms with Gasteiger partial charge in [-0.05, 0) is 57.1 Å². The summed E-state index contributed by atoms with van der Waals surface area (Å²) in [6.07, 6.45) is 20.3. The molecule has 0 amide bonds. The van der Waals surface area contributed by atoms with Crippen molar-refractivity contribution in [3.8, 4) is 0 Å². The molecule has 0 radical (unpaired) electrons. The van der Waals surface area contributed by atoms with Gasteiger partial charge in [0.1, 0.15) is 6.29 Å². The van der Waals surface area contributed by atoms with E-state index in [2.05, 4.69) is 52.0 Å². The zero-order valence-electron chi connectivity index (χ0n) is 17.6. The zero-order chi connectivity index (χ0) is 20.4. The Morgan fingerprint density at radius 3 is 2.11 bits per heavy atom. The monoisotopic (exact) mass is 366 g/mol. The highest BCUT2D eigenvalue weighted by Gasteiger charge is 2.31. The normalized spacial score (nSPS) is 22.5. The third kappa shape index (κ3) is 8.36. The summed E-state index contributed by atoms with van der Waals surface area (Å²) in [5, 5.41) is 9.99. The van der Waals surface area contributed by atoms with Crippen molar-refractivity contribution in [1.29, 1.82) is 0 Å². The fraction of sp³-hybridized carbons (Fsp3) is 0.400. The summed E-state index contributed by atoms with van der Waals surface area (Å²) in [4.78, 5) is 10.5. The highest BCUT2D eigenvalue weighted by Crippen LogP contribution is 2.40. The Labute approximate surface area is 165 Å². The first-order valence-corrected chi connectivity index (χ1v) is 9.54. The van der Waals surface area contributed by atoms with E-state index in [4.69, 9.17) is 0 Å². The number of aliphatic hydroxyl groups is 1. The molecule has 0 aliphatic heterocycles. The highest BCUT2D eigenvalue weighted by atomic mass is 16.3. The van der Waals surface area contributed by atoms with Crippen molar-refractivity contribution in [2.24, 2.45) is 5.41 Å². The third-order valence-electron chi connectivity index (χ3n) is 4.72. The van der Waals surface area contributed by atoms with Gasteiger partial charge in [0.05, 0.1) is 6.10 Å². The van der Waals surface area contributed by atoms with Gasteiger partial charge >= 0.3 is 0 Å². The summed E-state index contributed by atoms with van der Waals surface area (Å²) in [7, 11) is 0. The van der Waals surface area contributed by atoms with E-state index in [9.17, 15) is 9.90 Å². The Hall–Kier alpha value is -2.19. The Kier molecular flexibility index (Phi) is 9.17. The molecule has 2 nitrogen and oxygen atoms in total. The average Bonchev–Trinajstić information content (AvgIpc) is 2.56. The Morgan fingerprint density at radius 2 is 1.52 bits per heavy atom. The summed E-state index contributed by atoms with van der Waals surface area (Å²) in [6.45, 7) is 12.4. The van der Waals surface area contributed by atoms with Crippen LogP contribution in [0, 0.1) is 5.41 Å². The molecule has 1 aliphatic carbocycles. The van der Waals surface area contributed by atoms with Crippen LogP contribution in [0.2, 0.25) is 0 Å². The smallest absolute Gasteiger partial charge is 0.145 e. The van der Waals surface area contributed by atoms with Crippen molar-refractivity contribution < 1.29 is 9.90 Å². The fourth-order valence-electron chi connectivity index (χ4n) is 3.31. The maximum absolute atomic E-state index is 10.5. The van der Waals surface area contributed by atoms with Crippen LogP contribution in [0.1, 0.15) is 54.4 Å². The average molecular weight is 367 g/mol. The molecule has 0 aromatic carbocycles. The minimum absolute atomic E-state index is 0.0106. The number of allylic oxidation sites excluding steroid dienone is 13.